The predicted molar refractivity (Wildman–Crippen MR) is 90.6 cm³/mol. The molecule has 2 aromatic carbocycles. The van der Waals surface area contributed by atoms with Gasteiger partial charge in [-0.1, -0.05) is 23.7 Å². The van der Waals surface area contributed by atoms with Crippen LogP contribution in [-0.4, -0.2) is 27.4 Å². The molecule has 2 aromatic rings. The van der Waals surface area contributed by atoms with E-state index in [4.69, 9.17) is 14.2 Å². The van der Waals surface area contributed by atoms with Crippen LogP contribution >= 0.6 is 0 Å². The first-order valence-electron chi connectivity index (χ1n) is 7.15. The smallest absolute Gasteiger partial charge is 0.118 e. The van der Waals surface area contributed by atoms with Crippen LogP contribution in [0.2, 0.25) is 0 Å². The molecule has 2 rings (SSSR count). The van der Waals surface area contributed by atoms with E-state index in [1.54, 1.807) is 14.2 Å². The van der Waals surface area contributed by atoms with Crippen molar-refractivity contribution in [3.8, 4) is 35.2 Å². The lowest BCUT2D eigenvalue weighted by Crippen LogP contribution is -1.91. The van der Waals surface area contributed by atoms with E-state index in [2.05, 4.69) is 23.7 Å². The number of hydrogen-bond donors (Lipinski definition) is 0. The molecule has 3 heteroatoms. The minimum Gasteiger partial charge on any atom is -0.497 e. The Balaban J connectivity index is 1.73. The summed E-state index contributed by atoms with van der Waals surface area (Å²) in [5.41, 5.74) is 1.86. The Kier molecular flexibility index (Phi) is 6.60. The van der Waals surface area contributed by atoms with Crippen molar-refractivity contribution in [2.45, 2.75) is 0 Å². The normalized spacial score (nSPS) is 9.13. The molecule has 0 atom stereocenters. The van der Waals surface area contributed by atoms with Gasteiger partial charge in [0, 0.05) is 11.1 Å². The molecule has 0 aliphatic carbocycles. The lowest BCUT2D eigenvalue weighted by Gasteiger charge is -1.97. The molecule has 0 fully saturated rings. The molecule has 0 aromatic heterocycles. The van der Waals surface area contributed by atoms with E-state index in [-0.39, 0.29) is 0 Å². The summed E-state index contributed by atoms with van der Waals surface area (Å²) in [6.45, 7) is 0.701. The summed E-state index contributed by atoms with van der Waals surface area (Å²) >= 11 is 0. The third-order valence-corrected chi connectivity index (χ3v) is 2.99. The maximum atomic E-state index is 5.37. The third kappa shape index (κ3) is 5.79. The van der Waals surface area contributed by atoms with E-state index in [1.807, 2.05) is 48.5 Å². The van der Waals surface area contributed by atoms with Gasteiger partial charge in [0.1, 0.15) is 24.7 Å². The van der Waals surface area contributed by atoms with E-state index in [0.29, 0.717) is 13.2 Å². The fraction of sp³-hybridized carbons (Fsp3) is 0.200. The maximum absolute atomic E-state index is 5.37. The molecule has 23 heavy (non-hydrogen) atoms. The topological polar surface area (TPSA) is 27.7 Å². The monoisotopic (exact) mass is 306 g/mol. The van der Waals surface area contributed by atoms with Crippen molar-refractivity contribution in [2.75, 3.05) is 27.4 Å². The minimum absolute atomic E-state index is 0.351. The highest BCUT2D eigenvalue weighted by molar-refractivity contribution is 5.39. The van der Waals surface area contributed by atoms with E-state index in [0.717, 1.165) is 22.6 Å². The second kappa shape index (κ2) is 9.20. The highest BCUT2D eigenvalue weighted by Crippen LogP contribution is 2.10. The molecule has 0 aliphatic heterocycles. The highest BCUT2D eigenvalue weighted by Gasteiger charge is 1.90. The Hall–Kier alpha value is -2.88. The van der Waals surface area contributed by atoms with Gasteiger partial charge in [0.15, 0.2) is 0 Å². The van der Waals surface area contributed by atoms with Crippen molar-refractivity contribution in [1.82, 2.24) is 0 Å². The fourth-order valence-corrected chi connectivity index (χ4v) is 1.78. The fourth-order valence-electron chi connectivity index (χ4n) is 1.78. The molecule has 0 amide bonds. The average molecular weight is 306 g/mol. The van der Waals surface area contributed by atoms with Gasteiger partial charge in [-0.25, -0.2) is 0 Å². The van der Waals surface area contributed by atoms with Crippen LogP contribution < -0.4 is 9.47 Å². The summed E-state index contributed by atoms with van der Waals surface area (Å²) in [4.78, 5) is 0. The molecule has 0 saturated heterocycles. The van der Waals surface area contributed by atoms with Crippen LogP contribution in [0.1, 0.15) is 11.1 Å². The Bertz CT molecular complexity index is 657. The van der Waals surface area contributed by atoms with E-state index in [1.165, 1.54) is 0 Å². The quantitative estimate of drug-likeness (QED) is 0.641. The molecule has 0 saturated carbocycles. The third-order valence-electron chi connectivity index (χ3n) is 2.99. The largest absolute Gasteiger partial charge is 0.497 e. The summed E-state index contributed by atoms with van der Waals surface area (Å²) in [6.07, 6.45) is 0. The van der Waals surface area contributed by atoms with Crippen molar-refractivity contribution >= 4 is 0 Å². The van der Waals surface area contributed by atoms with Crippen LogP contribution in [0, 0.1) is 23.7 Å². The zero-order valence-electron chi connectivity index (χ0n) is 13.3. The Labute approximate surface area is 137 Å². The van der Waals surface area contributed by atoms with Crippen molar-refractivity contribution in [3.05, 3.63) is 59.7 Å². The van der Waals surface area contributed by atoms with Crippen LogP contribution in [0.4, 0.5) is 0 Å². The second-order valence-corrected chi connectivity index (χ2v) is 4.55. The van der Waals surface area contributed by atoms with Gasteiger partial charge < -0.3 is 14.2 Å². The summed E-state index contributed by atoms with van der Waals surface area (Å²) in [5.74, 6) is 13.6. The molecule has 0 heterocycles. The first kappa shape index (κ1) is 16.5. The van der Waals surface area contributed by atoms with Crippen LogP contribution in [-0.2, 0) is 4.74 Å². The molecular formula is C20H18O3. The summed E-state index contributed by atoms with van der Waals surface area (Å²) in [7, 11) is 3.28. The number of benzene rings is 2. The lowest BCUT2D eigenvalue weighted by atomic mass is 10.2. The van der Waals surface area contributed by atoms with Crippen molar-refractivity contribution in [1.29, 1.82) is 0 Å². The van der Waals surface area contributed by atoms with Gasteiger partial charge in [-0.05, 0) is 48.5 Å². The van der Waals surface area contributed by atoms with Gasteiger partial charge in [-0.15, -0.1) is 0 Å². The molecule has 0 radical (unpaired) electrons. The zero-order chi connectivity index (χ0) is 16.3. The Morgan fingerprint density at radius 2 is 1.04 bits per heavy atom. The molecule has 0 unspecified atom stereocenters. The minimum atomic E-state index is 0.351. The van der Waals surface area contributed by atoms with Crippen LogP contribution in [0.5, 0.6) is 11.5 Å². The first-order valence-corrected chi connectivity index (χ1v) is 7.15. The number of rotatable bonds is 4. The molecule has 116 valence electrons. The Morgan fingerprint density at radius 1 is 0.652 bits per heavy atom. The predicted octanol–water partition coefficient (Wildman–Crippen LogP) is 3.12. The molecule has 3 nitrogen and oxygen atoms in total. The van der Waals surface area contributed by atoms with Crippen molar-refractivity contribution in [2.24, 2.45) is 0 Å². The lowest BCUT2D eigenvalue weighted by molar-refractivity contribution is 0.204. The van der Waals surface area contributed by atoms with E-state index in [9.17, 15) is 0 Å². The number of ether oxygens (including phenoxy) is 3. The van der Waals surface area contributed by atoms with Crippen molar-refractivity contribution in [3.63, 3.8) is 0 Å². The average Bonchev–Trinajstić information content (AvgIpc) is 2.62. The second-order valence-electron chi connectivity index (χ2n) is 4.55. The summed E-state index contributed by atoms with van der Waals surface area (Å²) in [6, 6.07) is 15.2. The molecule has 0 bridgehead atoms. The van der Waals surface area contributed by atoms with Gasteiger partial charge in [0.25, 0.3) is 0 Å². The molecule has 0 spiro atoms. The van der Waals surface area contributed by atoms with Gasteiger partial charge in [0.05, 0.1) is 14.2 Å². The number of methoxy groups -OCH3 is 2. The van der Waals surface area contributed by atoms with Crippen LogP contribution in [0.25, 0.3) is 0 Å². The molecule has 0 aliphatic rings. The van der Waals surface area contributed by atoms with Crippen LogP contribution in [0.15, 0.2) is 48.5 Å². The summed E-state index contributed by atoms with van der Waals surface area (Å²) < 4.78 is 15.6. The van der Waals surface area contributed by atoms with Gasteiger partial charge in [-0.2, -0.15) is 0 Å². The van der Waals surface area contributed by atoms with Gasteiger partial charge in [0.2, 0.25) is 0 Å². The standard InChI is InChI=1S/C20H18O3/c1-21-19-11-7-17(8-12-19)5-3-15-23-16-4-6-18-9-13-20(22-2)14-10-18/h7-14H,15-16H2,1-2H3. The van der Waals surface area contributed by atoms with Crippen molar-refractivity contribution < 1.29 is 14.2 Å². The van der Waals surface area contributed by atoms with Crippen LogP contribution in [0.3, 0.4) is 0 Å². The van der Waals surface area contributed by atoms with E-state index < -0.39 is 0 Å². The highest BCUT2D eigenvalue weighted by atomic mass is 16.5. The van der Waals surface area contributed by atoms with Gasteiger partial charge >= 0.3 is 0 Å². The SMILES string of the molecule is COc1ccc(C#CCOCC#Cc2ccc(OC)cc2)cc1. The zero-order valence-corrected chi connectivity index (χ0v) is 13.3. The first-order chi connectivity index (χ1) is 11.3. The van der Waals surface area contributed by atoms with Gasteiger partial charge in [-0.3, -0.25) is 0 Å². The molecular weight excluding hydrogens is 288 g/mol. The number of hydrogen-bond acceptors (Lipinski definition) is 3. The van der Waals surface area contributed by atoms with E-state index >= 15 is 0 Å². The summed E-state index contributed by atoms with van der Waals surface area (Å²) in [5, 5.41) is 0. The maximum Gasteiger partial charge on any atom is 0.118 e. The molecule has 0 N–H and O–H groups in total. The Morgan fingerprint density at radius 3 is 1.39 bits per heavy atom.